The number of hydrogen-bond donors (Lipinski definition) is 1. The summed E-state index contributed by atoms with van der Waals surface area (Å²) in [6.07, 6.45) is -0.157. The number of anilines is 1. The SMILES string of the molecule is CCOC(=O)c1ccc(NC(=O)[C@@H](CC)Oc2cccc(Cl)c2)c(C)c1. The summed E-state index contributed by atoms with van der Waals surface area (Å²) in [6, 6.07) is 11.9. The van der Waals surface area contributed by atoms with Crippen LogP contribution < -0.4 is 10.1 Å². The molecule has 0 bridgehead atoms. The molecule has 2 aromatic rings. The predicted molar refractivity (Wildman–Crippen MR) is 102 cm³/mol. The molecule has 0 fully saturated rings. The summed E-state index contributed by atoms with van der Waals surface area (Å²) in [7, 11) is 0. The second kappa shape index (κ2) is 9.25. The molecule has 0 aliphatic heterocycles. The maximum absolute atomic E-state index is 12.5. The van der Waals surface area contributed by atoms with Crippen molar-refractivity contribution >= 4 is 29.2 Å². The lowest BCUT2D eigenvalue weighted by Crippen LogP contribution is -2.32. The Labute approximate surface area is 158 Å². The molecule has 0 saturated heterocycles. The summed E-state index contributed by atoms with van der Waals surface area (Å²) >= 11 is 5.95. The van der Waals surface area contributed by atoms with E-state index in [1.807, 2.05) is 13.8 Å². The zero-order valence-electron chi connectivity index (χ0n) is 15.0. The van der Waals surface area contributed by atoms with Gasteiger partial charge in [0.1, 0.15) is 5.75 Å². The van der Waals surface area contributed by atoms with Gasteiger partial charge in [-0.3, -0.25) is 4.79 Å². The second-order valence-electron chi connectivity index (χ2n) is 5.71. The smallest absolute Gasteiger partial charge is 0.338 e. The molecule has 0 aromatic heterocycles. The first-order valence-electron chi connectivity index (χ1n) is 8.45. The van der Waals surface area contributed by atoms with Crippen molar-refractivity contribution in [2.24, 2.45) is 0 Å². The van der Waals surface area contributed by atoms with E-state index in [4.69, 9.17) is 21.1 Å². The van der Waals surface area contributed by atoms with E-state index in [-0.39, 0.29) is 11.9 Å². The van der Waals surface area contributed by atoms with Crippen LogP contribution in [0.2, 0.25) is 5.02 Å². The highest BCUT2D eigenvalue weighted by Crippen LogP contribution is 2.21. The Morgan fingerprint density at radius 3 is 2.54 bits per heavy atom. The van der Waals surface area contributed by atoms with Gasteiger partial charge >= 0.3 is 5.97 Å². The predicted octanol–water partition coefficient (Wildman–Crippen LogP) is 4.62. The van der Waals surface area contributed by atoms with E-state index < -0.39 is 6.10 Å². The van der Waals surface area contributed by atoms with E-state index in [2.05, 4.69) is 5.32 Å². The molecule has 0 heterocycles. The Kier molecular flexibility index (Phi) is 7.04. The van der Waals surface area contributed by atoms with Crippen molar-refractivity contribution in [1.29, 1.82) is 0 Å². The third-order valence-corrected chi connectivity index (χ3v) is 3.97. The average molecular weight is 376 g/mol. The van der Waals surface area contributed by atoms with E-state index in [0.717, 1.165) is 5.56 Å². The summed E-state index contributed by atoms with van der Waals surface area (Å²) in [6.45, 7) is 5.75. The van der Waals surface area contributed by atoms with Crippen LogP contribution in [-0.4, -0.2) is 24.6 Å². The Bertz CT molecular complexity index is 791. The summed E-state index contributed by atoms with van der Waals surface area (Å²) < 4.78 is 10.7. The molecule has 0 spiro atoms. The van der Waals surface area contributed by atoms with Gasteiger partial charge in [-0.05, 0) is 62.2 Å². The molecule has 5 nitrogen and oxygen atoms in total. The molecular weight excluding hydrogens is 354 g/mol. The quantitative estimate of drug-likeness (QED) is 0.717. The number of aryl methyl sites for hydroxylation is 1. The number of carbonyl (C=O) groups excluding carboxylic acids is 2. The number of ether oxygens (including phenoxy) is 2. The van der Waals surface area contributed by atoms with Crippen molar-refractivity contribution in [3.8, 4) is 5.75 Å². The number of amides is 1. The number of esters is 1. The summed E-state index contributed by atoms with van der Waals surface area (Å²) in [5.74, 6) is -0.113. The summed E-state index contributed by atoms with van der Waals surface area (Å²) in [4.78, 5) is 24.3. The number of halogens is 1. The zero-order chi connectivity index (χ0) is 19.1. The Morgan fingerprint density at radius 1 is 1.15 bits per heavy atom. The maximum Gasteiger partial charge on any atom is 0.338 e. The lowest BCUT2D eigenvalue weighted by atomic mass is 10.1. The van der Waals surface area contributed by atoms with Gasteiger partial charge < -0.3 is 14.8 Å². The first kappa shape index (κ1) is 19.8. The van der Waals surface area contributed by atoms with Gasteiger partial charge in [0.2, 0.25) is 0 Å². The number of hydrogen-bond acceptors (Lipinski definition) is 4. The van der Waals surface area contributed by atoms with Gasteiger partial charge in [-0.15, -0.1) is 0 Å². The van der Waals surface area contributed by atoms with Crippen LogP contribution in [0, 0.1) is 6.92 Å². The van der Waals surface area contributed by atoms with Crippen LogP contribution in [0.3, 0.4) is 0 Å². The van der Waals surface area contributed by atoms with Crippen LogP contribution in [-0.2, 0) is 9.53 Å². The Balaban J connectivity index is 2.08. The first-order valence-corrected chi connectivity index (χ1v) is 8.83. The molecule has 0 aliphatic rings. The summed E-state index contributed by atoms with van der Waals surface area (Å²) in [5.41, 5.74) is 1.84. The highest BCUT2D eigenvalue weighted by molar-refractivity contribution is 6.30. The van der Waals surface area contributed by atoms with E-state index in [1.54, 1.807) is 49.4 Å². The minimum atomic E-state index is -0.655. The molecule has 0 aliphatic carbocycles. The van der Waals surface area contributed by atoms with E-state index >= 15 is 0 Å². The highest BCUT2D eigenvalue weighted by Gasteiger charge is 2.20. The van der Waals surface area contributed by atoms with Crippen LogP contribution in [0.5, 0.6) is 5.75 Å². The topological polar surface area (TPSA) is 64.6 Å². The van der Waals surface area contributed by atoms with Crippen molar-refractivity contribution in [3.63, 3.8) is 0 Å². The van der Waals surface area contributed by atoms with Gasteiger partial charge in [-0.25, -0.2) is 4.79 Å². The highest BCUT2D eigenvalue weighted by atomic mass is 35.5. The Morgan fingerprint density at radius 2 is 1.92 bits per heavy atom. The van der Waals surface area contributed by atoms with Crippen LogP contribution in [0.4, 0.5) is 5.69 Å². The zero-order valence-corrected chi connectivity index (χ0v) is 15.8. The third kappa shape index (κ3) is 5.23. The van der Waals surface area contributed by atoms with E-state index in [9.17, 15) is 9.59 Å². The minimum absolute atomic E-state index is 0.264. The molecule has 2 aromatic carbocycles. The molecule has 1 atom stereocenters. The van der Waals surface area contributed by atoms with Crippen LogP contribution >= 0.6 is 11.6 Å². The lowest BCUT2D eigenvalue weighted by Gasteiger charge is -2.18. The molecule has 26 heavy (non-hydrogen) atoms. The fourth-order valence-corrected chi connectivity index (χ4v) is 2.57. The fourth-order valence-electron chi connectivity index (χ4n) is 2.39. The van der Waals surface area contributed by atoms with Crippen LogP contribution in [0.25, 0.3) is 0 Å². The lowest BCUT2D eigenvalue weighted by molar-refractivity contribution is -0.122. The van der Waals surface area contributed by atoms with Gasteiger partial charge in [0.15, 0.2) is 6.10 Å². The van der Waals surface area contributed by atoms with Crippen molar-refractivity contribution in [1.82, 2.24) is 0 Å². The van der Waals surface area contributed by atoms with Crippen molar-refractivity contribution < 1.29 is 19.1 Å². The van der Waals surface area contributed by atoms with Gasteiger partial charge in [0.05, 0.1) is 12.2 Å². The van der Waals surface area contributed by atoms with Crippen molar-refractivity contribution in [3.05, 3.63) is 58.6 Å². The molecule has 6 heteroatoms. The molecule has 1 N–H and O–H groups in total. The number of carbonyl (C=O) groups is 2. The normalized spacial score (nSPS) is 11.5. The second-order valence-corrected chi connectivity index (χ2v) is 6.15. The standard InChI is InChI=1S/C20H22ClNO4/c1-4-18(26-16-8-6-7-15(21)12-16)19(23)22-17-10-9-14(11-13(17)3)20(24)25-5-2/h6-12,18H,4-5H2,1-3H3,(H,22,23)/t18-/m1/s1. The van der Waals surface area contributed by atoms with Crippen molar-refractivity contribution in [2.75, 3.05) is 11.9 Å². The van der Waals surface area contributed by atoms with Crippen LogP contribution in [0.15, 0.2) is 42.5 Å². The molecule has 0 radical (unpaired) electrons. The molecule has 0 saturated carbocycles. The van der Waals surface area contributed by atoms with E-state index in [0.29, 0.717) is 35.1 Å². The van der Waals surface area contributed by atoms with Gasteiger partial charge in [0, 0.05) is 10.7 Å². The third-order valence-electron chi connectivity index (χ3n) is 3.73. The number of rotatable bonds is 7. The fraction of sp³-hybridized carbons (Fsp3) is 0.300. The van der Waals surface area contributed by atoms with Gasteiger partial charge in [-0.2, -0.15) is 0 Å². The molecular formula is C20H22ClNO4. The number of nitrogens with one attached hydrogen (secondary N) is 1. The van der Waals surface area contributed by atoms with E-state index in [1.165, 1.54) is 0 Å². The Hall–Kier alpha value is -2.53. The monoisotopic (exact) mass is 375 g/mol. The molecule has 1 amide bonds. The van der Waals surface area contributed by atoms with Crippen LogP contribution in [0.1, 0.15) is 36.2 Å². The minimum Gasteiger partial charge on any atom is -0.481 e. The molecule has 0 unspecified atom stereocenters. The maximum atomic E-state index is 12.5. The van der Waals surface area contributed by atoms with Crippen molar-refractivity contribution in [2.45, 2.75) is 33.3 Å². The molecule has 2 rings (SSSR count). The summed E-state index contributed by atoms with van der Waals surface area (Å²) in [5, 5.41) is 3.39. The van der Waals surface area contributed by atoms with Gasteiger partial charge in [-0.1, -0.05) is 24.6 Å². The van der Waals surface area contributed by atoms with Gasteiger partial charge in [0.25, 0.3) is 5.91 Å². The number of benzene rings is 2. The molecule has 138 valence electrons. The largest absolute Gasteiger partial charge is 0.481 e. The first-order chi connectivity index (χ1) is 12.4. The average Bonchev–Trinajstić information content (AvgIpc) is 2.61.